The van der Waals surface area contributed by atoms with E-state index >= 15 is 0 Å². The fraction of sp³-hybridized carbons (Fsp3) is 0.412. The molecule has 0 radical (unpaired) electrons. The van der Waals surface area contributed by atoms with Crippen molar-refractivity contribution in [2.75, 3.05) is 0 Å². The van der Waals surface area contributed by atoms with Crippen molar-refractivity contribution >= 4 is 5.91 Å². The van der Waals surface area contributed by atoms with E-state index in [2.05, 4.69) is 24.2 Å². The molecule has 110 valence electrons. The fourth-order valence-electron chi connectivity index (χ4n) is 3.03. The van der Waals surface area contributed by atoms with Gasteiger partial charge in [0.25, 0.3) is 0 Å². The van der Waals surface area contributed by atoms with E-state index in [4.69, 9.17) is 0 Å². The second-order valence-electron chi connectivity index (χ2n) is 5.79. The average molecular weight is 283 g/mol. The predicted molar refractivity (Wildman–Crippen MR) is 81.7 cm³/mol. The Hall–Kier alpha value is -2.10. The lowest BCUT2D eigenvalue weighted by Crippen LogP contribution is -2.29. The highest BCUT2D eigenvalue weighted by atomic mass is 16.2. The van der Waals surface area contributed by atoms with Gasteiger partial charge in [-0.3, -0.25) is 9.48 Å². The summed E-state index contributed by atoms with van der Waals surface area (Å²) in [6, 6.07) is 8.36. The van der Waals surface area contributed by atoms with Gasteiger partial charge in [-0.2, -0.15) is 5.10 Å². The van der Waals surface area contributed by atoms with E-state index in [0.717, 1.165) is 17.8 Å². The molecule has 0 fully saturated rings. The molecule has 1 aromatic carbocycles. The number of aromatic nitrogens is 2. The van der Waals surface area contributed by atoms with E-state index in [9.17, 15) is 4.79 Å². The quantitative estimate of drug-likeness (QED) is 0.849. The first-order chi connectivity index (χ1) is 10.1. The summed E-state index contributed by atoms with van der Waals surface area (Å²) >= 11 is 0. The molecule has 4 heteroatoms. The number of hydrogen-bond acceptors (Lipinski definition) is 2. The van der Waals surface area contributed by atoms with Gasteiger partial charge in [0.2, 0.25) is 5.91 Å². The maximum absolute atomic E-state index is 12.4. The number of carbonyl (C=O) groups is 1. The van der Waals surface area contributed by atoms with Crippen LogP contribution in [0, 0.1) is 13.8 Å². The van der Waals surface area contributed by atoms with Crippen molar-refractivity contribution in [1.82, 2.24) is 14.7 Å². The summed E-state index contributed by atoms with van der Waals surface area (Å²) in [5.41, 5.74) is 5.89. The van der Waals surface area contributed by atoms with E-state index < -0.39 is 0 Å². The largest absolute Gasteiger partial charge is 0.334 e. The van der Waals surface area contributed by atoms with Crippen LogP contribution in [0.1, 0.15) is 34.5 Å². The molecule has 0 atom stereocenters. The molecular formula is C17H21N3O. The van der Waals surface area contributed by atoms with Crippen molar-refractivity contribution in [2.45, 2.75) is 39.8 Å². The standard InChI is InChI=1S/C17H21N3O/c1-12-16(13(2)19(3)18-12)11-20-10-15-7-5-4-6-14(15)8-9-17(20)21/h4-7H,8-11H2,1-3H3. The summed E-state index contributed by atoms with van der Waals surface area (Å²) < 4.78 is 1.89. The summed E-state index contributed by atoms with van der Waals surface area (Å²) in [6.07, 6.45) is 1.44. The number of benzene rings is 1. The third-order valence-corrected chi connectivity index (χ3v) is 4.45. The highest BCUT2D eigenvalue weighted by Gasteiger charge is 2.22. The Morgan fingerprint density at radius 2 is 1.86 bits per heavy atom. The van der Waals surface area contributed by atoms with Crippen LogP contribution in [0.5, 0.6) is 0 Å². The first-order valence-electron chi connectivity index (χ1n) is 7.40. The Morgan fingerprint density at radius 1 is 1.14 bits per heavy atom. The molecule has 4 nitrogen and oxygen atoms in total. The first kappa shape index (κ1) is 13.9. The van der Waals surface area contributed by atoms with Gasteiger partial charge in [0, 0.05) is 37.8 Å². The molecule has 1 aliphatic heterocycles. The SMILES string of the molecule is Cc1nn(C)c(C)c1CN1Cc2ccccc2CCC1=O. The number of hydrogen-bond donors (Lipinski definition) is 0. The lowest BCUT2D eigenvalue weighted by Gasteiger charge is -2.21. The number of carbonyl (C=O) groups excluding carboxylic acids is 1. The molecule has 0 N–H and O–H groups in total. The molecule has 0 unspecified atom stereocenters. The van der Waals surface area contributed by atoms with E-state index in [0.29, 0.717) is 19.5 Å². The van der Waals surface area contributed by atoms with Crippen LogP contribution in [-0.4, -0.2) is 20.6 Å². The lowest BCUT2D eigenvalue weighted by atomic mass is 10.0. The number of rotatable bonds is 2. The van der Waals surface area contributed by atoms with Gasteiger partial charge in [0.1, 0.15) is 0 Å². The summed E-state index contributed by atoms with van der Waals surface area (Å²) in [5, 5.41) is 4.45. The van der Waals surface area contributed by atoms with E-state index in [1.165, 1.54) is 16.7 Å². The van der Waals surface area contributed by atoms with Crippen molar-refractivity contribution in [3.05, 3.63) is 52.3 Å². The number of amides is 1. The third-order valence-electron chi connectivity index (χ3n) is 4.45. The molecule has 0 spiro atoms. The van der Waals surface area contributed by atoms with Crippen LogP contribution in [0.25, 0.3) is 0 Å². The zero-order valence-electron chi connectivity index (χ0n) is 12.9. The van der Waals surface area contributed by atoms with Crippen LogP contribution >= 0.6 is 0 Å². The number of nitrogens with zero attached hydrogens (tertiary/aromatic N) is 3. The zero-order chi connectivity index (χ0) is 15.0. The predicted octanol–water partition coefficient (Wildman–Crippen LogP) is 2.51. The molecule has 1 amide bonds. The first-order valence-corrected chi connectivity index (χ1v) is 7.40. The van der Waals surface area contributed by atoms with Crippen LogP contribution in [0.3, 0.4) is 0 Å². The molecule has 0 saturated carbocycles. The minimum Gasteiger partial charge on any atom is -0.334 e. The molecule has 0 saturated heterocycles. The van der Waals surface area contributed by atoms with Crippen molar-refractivity contribution < 1.29 is 4.79 Å². The summed E-state index contributed by atoms with van der Waals surface area (Å²) in [6.45, 7) is 5.42. The molecule has 0 aliphatic carbocycles. The van der Waals surface area contributed by atoms with Gasteiger partial charge in [-0.25, -0.2) is 0 Å². The van der Waals surface area contributed by atoms with Crippen molar-refractivity contribution in [3.8, 4) is 0 Å². The Balaban J connectivity index is 1.89. The maximum Gasteiger partial charge on any atom is 0.223 e. The minimum absolute atomic E-state index is 0.230. The molecule has 1 aliphatic rings. The molecule has 2 aromatic rings. The minimum atomic E-state index is 0.230. The monoisotopic (exact) mass is 283 g/mol. The molecule has 1 aromatic heterocycles. The van der Waals surface area contributed by atoms with Crippen molar-refractivity contribution in [3.63, 3.8) is 0 Å². The topological polar surface area (TPSA) is 38.1 Å². The van der Waals surface area contributed by atoms with Crippen molar-refractivity contribution in [1.29, 1.82) is 0 Å². The molecule has 0 bridgehead atoms. The van der Waals surface area contributed by atoms with Gasteiger partial charge >= 0.3 is 0 Å². The number of aryl methyl sites for hydroxylation is 3. The van der Waals surface area contributed by atoms with Crippen LogP contribution in [0.2, 0.25) is 0 Å². The summed E-state index contributed by atoms with van der Waals surface area (Å²) in [4.78, 5) is 14.4. The molecule has 21 heavy (non-hydrogen) atoms. The van der Waals surface area contributed by atoms with Crippen molar-refractivity contribution in [2.24, 2.45) is 7.05 Å². The van der Waals surface area contributed by atoms with Crippen LogP contribution in [-0.2, 0) is 31.4 Å². The Labute approximate surface area is 125 Å². The third kappa shape index (κ3) is 2.58. The molecular weight excluding hydrogens is 262 g/mol. The van der Waals surface area contributed by atoms with Gasteiger partial charge in [-0.15, -0.1) is 0 Å². The number of fused-ring (bicyclic) bond motifs is 1. The second-order valence-corrected chi connectivity index (χ2v) is 5.79. The fourth-order valence-corrected chi connectivity index (χ4v) is 3.03. The summed E-state index contributed by atoms with van der Waals surface area (Å²) in [7, 11) is 1.95. The average Bonchev–Trinajstić information content (AvgIpc) is 2.63. The van der Waals surface area contributed by atoms with Gasteiger partial charge < -0.3 is 4.90 Å². The highest BCUT2D eigenvalue weighted by Crippen LogP contribution is 2.22. The Morgan fingerprint density at radius 3 is 2.52 bits per heavy atom. The Kier molecular flexibility index (Phi) is 3.53. The molecule has 2 heterocycles. The van der Waals surface area contributed by atoms with E-state index in [1.807, 2.05) is 35.7 Å². The van der Waals surface area contributed by atoms with Gasteiger partial charge in [-0.05, 0) is 31.4 Å². The zero-order valence-corrected chi connectivity index (χ0v) is 12.9. The second kappa shape index (κ2) is 5.35. The lowest BCUT2D eigenvalue weighted by molar-refractivity contribution is -0.132. The van der Waals surface area contributed by atoms with E-state index in [1.54, 1.807) is 0 Å². The normalized spacial score (nSPS) is 15.0. The van der Waals surface area contributed by atoms with Gasteiger partial charge in [0.05, 0.1) is 5.69 Å². The smallest absolute Gasteiger partial charge is 0.223 e. The van der Waals surface area contributed by atoms with Gasteiger partial charge in [-0.1, -0.05) is 24.3 Å². The van der Waals surface area contributed by atoms with Gasteiger partial charge in [0.15, 0.2) is 0 Å². The highest BCUT2D eigenvalue weighted by molar-refractivity contribution is 5.77. The van der Waals surface area contributed by atoms with E-state index in [-0.39, 0.29) is 5.91 Å². The molecule has 3 rings (SSSR count). The maximum atomic E-state index is 12.4. The van der Waals surface area contributed by atoms with Crippen LogP contribution < -0.4 is 0 Å². The Bertz CT molecular complexity index is 687. The van der Waals surface area contributed by atoms with Crippen LogP contribution in [0.4, 0.5) is 0 Å². The van der Waals surface area contributed by atoms with Crippen LogP contribution in [0.15, 0.2) is 24.3 Å². The summed E-state index contributed by atoms with van der Waals surface area (Å²) in [5.74, 6) is 0.230.